The Morgan fingerprint density at radius 1 is 1.33 bits per heavy atom. The average molecular weight is 338 g/mol. The molecule has 8 heteroatoms. The van der Waals surface area contributed by atoms with E-state index >= 15 is 0 Å². The second-order valence-corrected chi connectivity index (χ2v) is 6.09. The standard InChI is InChI=1S/C16H14N6OS/c1-10-7-11(2)22-15(18-10)20-21-16(22)24-9-14(23)19-13-6-4-3-5-12(13)8-17/h3-7H,9H2,1-2H3,(H,19,23). The van der Waals surface area contributed by atoms with E-state index in [1.807, 2.05) is 24.3 Å². The van der Waals surface area contributed by atoms with Crippen LogP contribution in [-0.2, 0) is 4.79 Å². The number of thioether (sulfide) groups is 1. The van der Waals surface area contributed by atoms with Gasteiger partial charge >= 0.3 is 0 Å². The zero-order valence-electron chi connectivity index (χ0n) is 13.1. The molecule has 0 fully saturated rings. The van der Waals surface area contributed by atoms with Crippen LogP contribution in [0.15, 0.2) is 35.5 Å². The van der Waals surface area contributed by atoms with Gasteiger partial charge in [-0.25, -0.2) is 4.98 Å². The summed E-state index contributed by atoms with van der Waals surface area (Å²) in [5.74, 6) is 0.468. The fourth-order valence-electron chi connectivity index (χ4n) is 2.30. The van der Waals surface area contributed by atoms with Gasteiger partial charge in [0.15, 0.2) is 5.16 Å². The van der Waals surface area contributed by atoms with Crippen LogP contribution in [-0.4, -0.2) is 31.2 Å². The number of aryl methyl sites for hydroxylation is 2. The molecule has 1 aromatic carbocycles. The number of amides is 1. The molecule has 0 atom stereocenters. The molecule has 3 aromatic rings. The Morgan fingerprint density at radius 3 is 2.92 bits per heavy atom. The third-order valence-corrected chi connectivity index (χ3v) is 4.25. The summed E-state index contributed by atoms with van der Waals surface area (Å²) in [4.78, 5) is 16.5. The van der Waals surface area contributed by atoms with Crippen LogP contribution in [0, 0.1) is 25.2 Å². The molecule has 0 radical (unpaired) electrons. The van der Waals surface area contributed by atoms with Gasteiger partial charge in [0.25, 0.3) is 5.78 Å². The summed E-state index contributed by atoms with van der Waals surface area (Å²) < 4.78 is 1.81. The van der Waals surface area contributed by atoms with Crippen molar-refractivity contribution in [2.45, 2.75) is 19.0 Å². The van der Waals surface area contributed by atoms with E-state index in [1.165, 1.54) is 11.8 Å². The summed E-state index contributed by atoms with van der Waals surface area (Å²) in [7, 11) is 0. The van der Waals surface area contributed by atoms with Gasteiger partial charge in [-0.1, -0.05) is 23.9 Å². The first-order chi connectivity index (χ1) is 11.6. The average Bonchev–Trinajstić information content (AvgIpc) is 2.96. The Morgan fingerprint density at radius 2 is 2.12 bits per heavy atom. The number of fused-ring (bicyclic) bond motifs is 1. The number of rotatable bonds is 4. The highest BCUT2D eigenvalue weighted by molar-refractivity contribution is 7.99. The number of para-hydroxylation sites is 1. The molecule has 1 N–H and O–H groups in total. The van der Waals surface area contributed by atoms with Gasteiger partial charge in [0.2, 0.25) is 5.91 Å². The predicted molar refractivity (Wildman–Crippen MR) is 90.8 cm³/mol. The number of hydrogen-bond acceptors (Lipinski definition) is 6. The molecule has 1 amide bonds. The number of carbonyl (C=O) groups is 1. The maximum atomic E-state index is 12.1. The van der Waals surface area contributed by atoms with E-state index in [4.69, 9.17) is 5.26 Å². The fraction of sp³-hybridized carbons (Fsp3) is 0.188. The van der Waals surface area contributed by atoms with Crippen LogP contribution in [0.5, 0.6) is 0 Å². The van der Waals surface area contributed by atoms with E-state index in [0.29, 0.717) is 22.2 Å². The molecule has 0 saturated carbocycles. The van der Waals surface area contributed by atoms with E-state index in [-0.39, 0.29) is 11.7 Å². The number of benzene rings is 1. The van der Waals surface area contributed by atoms with Crippen LogP contribution in [0.2, 0.25) is 0 Å². The first-order valence-corrected chi connectivity index (χ1v) is 8.18. The van der Waals surface area contributed by atoms with Gasteiger partial charge in [-0.15, -0.1) is 10.2 Å². The minimum absolute atomic E-state index is 0.161. The van der Waals surface area contributed by atoms with Crippen molar-refractivity contribution in [2.75, 3.05) is 11.1 Å². The number of anilines is 1. The Balaban J connectivity index is 1.72. The molecule has 2 heterocycles. The van der Waals surface area contributed by atoms with E-state index in [1.54, 1.807) is 24.3 Å². The Bertz CT molecular complexity index is 959. The van der Waals surface area contributed by atoms with Gasteiger partial charge in [-0.05, 0) is 32.0 Å². The molecule has 24 heavy (non-hydrogen) atoms. The molecule has 0 aliphatic rings. The summed E-state index contributed by atoms with van der Waals surface area (Å²) in [5.41, 5.74) is 2.76. The molecule has 0 bridgehead atoms. The van der Waals surface area contributed by atoms with Gasteiger partial charge in [-0.3, -0.25) is 9.20 Å². The van der Waals surface area contributed by atoms with Crippen molar-refractivity contribution in [3.05, 3.63) is 47.3 Å². The molecule has 0 aliphatic heterocycles. The van der Waals surface area contributed by atoms with Crippen LogP contribution < -0.4 is 5.32 Å². The number of nitrogens with one attached hydrogen (secondary N) is 1. The molecule has 0 aliphatic carbocycles. The van der Waals surface area contributed by atoms with Gasteiger partial charge < -0.3 is 5.32 Å². The van der Waals surface area contributed by atoms with Gasteiger partial charge in [0.05, 0.1) is 17.0 Å². The Labute approximate surface area is 142 Å². The minimum Gasteiger partial charge on any atom is -0.324 e. The fourth-order valence-corrected chi connectivity index (χ4v) is 3.09. The Kier molecular flexibility index (Phi) is 4.44. The SMILES string of the molecule is Cc1cc(C)n2c(SCC(=O)Nc3ccccc3C#N)nnc2n1. The largest absolute Gasteiger partial charge is 0.324 e. The number of carbonyl (C=O) groups excluding carboxylic acids is 1. The second-order valence-electron chi connectivity index (χ2n) is 5.15. The van der Waals surface area contributed by atoms with E-state index in [9.17, 15) is 4.79 Å². The van der Waals surface area contributed by atoms with Crippen molar-refractivity contribution in [1.29, 1.82) is 5.26 Å². The number of hydrogen-bond donors (Lipinski definition) is 1. The quantitative estimate of drug-likeness (QED) is 0.734. The smallest absolute Gasteiger partial charge is 0.256 e. The normalized spacial score (nSPS) is 10.5. The zero-order chi connectivity index (χ0) is 17.1. The van der Waals surface area contributed by atoms with Gasteiger partial charge in [0.1, 0.15) is 6.07 Å². The summed E-state index contributed by atoms with van der Waals surface area (Å²) in [6.07, 6.45) is 0. The molecule has 2 aromatic heterocycles. The Hall–Kier alpha value is -2.92. The lowest BCUT2D eigenvalue weighted by Gasteiger charge is -2.07. The summed E-state index contributed by atoms with van der Waals surface area (Å²) in [5, 5.41) is 20.5. The minimum atomic E-state index is -0.211. The third kappa shape index (κ3) is 3.21. The molecule has 0 saturated heterocycles. The highest BCUT2D eigenvalue weighted by atomic mass is 32.2. The van der Waals surface area contributed by atoms with Crippen LogP contribution >= 0.6 is 11.8 Å². The number of nitrogens with zero attached hydrogens (tertiary/aromatic N) is 5. The number of aromatic nitrogens is 4. The lowest BCUT2D eigenvalue weighted by Crippen LogP contribution is -2.15. The predicted octanol–water partition coefficient (Wildman–Crippen LogP) is 2.34. The van der Waals surface area contributed by atoms with Crippen molar-refractivity contribution >= 4 is 29.1 Å². The van der Waals surface area contributed by atoms with Crippen LogP contribution in [0.25, 0.3) is 5.78 Å². The molecular weight excluding hydrogens is 324 g/mol. The van der Waals surface area contributed by atoms with Crippen LogP contribution in [0.3, 0.4) is 0 Å². The molecule has 0 unspecified atom stereocenters. The summed E-state index contributed by atoms with van der Waals surface area (Å²) in [6.45, 7) is 3.84. The van der Waals surface area contributed by atoms with Crippen molar-refractivity contribution in [3.8, 4) is 6.07 Å². The summed E-state index contributed by atoms with van der Waals surface area (Å²) in [6, 6.07) is 10.9. The molecular formula is C16H14N6OS. The van der Waals surface area contributed by atoms with E-state index in [2.05, 4.69) is 26.6 Å². The first kappa shape index (κ1) is 16.0. The maximum Gasteiger partial charge on any atom is 0.256 e. The van der Waals surface area contributed by atoms with Crippen LogP contribution in [0.4, 0.5) is 5.69 Å². The highest BCUT2D eigenvalue weighted by Crippen LogP contribution is 2.19. The number of nitriles is 1. The van der Waals surface area contributed by atoms with Crippen molar-refractivity contribution in [3.63, 3.8) is 0 Å². The second kappa shape index (κ2) is 6.68. The molecule has 3 rings (SSSR count). The van der Waals surface area contributed by atoms with Gasteiger partial charge in [0, 0.05) is 11.4 Å². The van der Waals surface area contributed by atoms with E-state index < -0.39 is 0 Å². The monoisotopic (exact) mass is 338 g/mol. The molecule has 0 spiro atoms. The molecule has 120 valence electrons. The van der Waals surface area contributed by atoms with Crippen LogP contribution in [0.1, 0.15) is 17.0 Å². The van der Waals surface area contributed by atoms with Gasteiger partial charge in [-0.2, -0.15) is 5.26 Å². The highest BCUT2D eigenvalue weighted by Gasteiger charge is 2.13. The van der Waals surface area contributed by atoms with E-state index in [0.717, 1.165) is 11.4 Å². The zero-order valence-corrected chi connectivity index (χ0v) is 14.0. The lowest BCUT2D eigenvalue weighted by molar-refractivity contribution is -0.113. The maximum absolute atomic E-state index is 12.1. The topological polar surface area (TPSA) is 96.0 Å². The molecule has 7 nitrogen and oxygen atoms in total. The summed E-state index contributed by atoms with van der Waals surface area (Å²) >= 11 is 1.27. The van der Waals surface area contributed by atoms with Crippen molar-refractivity contribution in [2.24, 2.45) is 0 Å². The third-order valence-electron chi connectivity index (χ3n) is 3.32. The lowest BCUT2D eigenvalue weighted by atomic mass is 10.2. The van der Waals surface area contributed by atoms with Crippen molar-refractivity contribution < 1.29 is 4.79 Å². The first-order valence-electron chi connectivity index (χ1n) is 7.19. The van der Waals surface area contributed by atoms with Crippen molar-refractivity contribution in [1.82, 2.24) is 19.6 Å².